The van der Waals surface area contributed by atoms with Crippen LogP contribution in [0.4, 0.5) is 4.79 Å². The summed E-state index contributed by atoms with van der Waals surface area (Å²) >= 11 is 0. The average molecular weight is 234 g/mol. The Morgan fingerprint density at radius 3 is 2.73 bits per heavy atom. The summed E-state index contributed by atoms with van der Waals surface area (Å²) in [6.45, 7) is 3.89. The SMILES string of the molecule is CC1OC(=O)OC1(C)OC/C=C/[SH](C)C. The molecule has 0 aliphatic carbocycles. The molecule has 0 radical (unpaired) electrons. The molecule has 2 unspecified atom stereocenters. The van der Waals surface area contributed by atoms with Crippen molar-refractivity contribution in [2.24, 2.45) is 0 Å². The number of rotatable bonds is 4. The number of cyclic esters (lactones) is 2. The molecule has 5 heteroatoms. The van der Waals surface area contributed by atoms with Gasteiger partial charge in [0.05, 0.1) is 6.61 Å². The summed E-state index contributed by atoms with van der Waals surface area (Å²) < 4.78 is 15.3. The van der Waals surface area contributed by atoms with E-state index in [1.807, 2.05) is 6.08 Å². The molecule has 0 aromatic rings. The molecular formula is C10H18O4S. The maximum Gasteiger partial charge on any atom is 0.511 e. The third kappa shape index (κ3) is 3.43. The highest BCUT2D eigenvalue weighted by Crippen LogP contribution is 2.28. The van der Waals surface area contributed by atoms with Crippen LogP contribution in [0.1, 0.15) is 13.8 Å². The lowest BCUT2D eigenvalue weighted by Gasteiger charge is -2.23. The molecule has 1 fully saturated rings. The molecule has 0 amide bonds. The van der Waals surface area contributed by atoms with E-state index in [4.69, 9.17) is 14.2 Å². The summed E-state index contributed by atoms with van der Waals surface area (Å²) in [5.41, 5.74) is 0. The largest absolute Gasteiger partial charge is 0.511 e. The average Bonchev–Trinajstić information content (AvgIpc) is 2.35. The van der Waals surface area contributed by atoms with E-state index in [2.05, 4.69) is 17.9 Å². The third-order valence-corrected chi connectivity index (χ3v) is 2.97. The van der Waals surface area contributed by atoms with Gasteiger partial charge in [-0.3, -0.25) is 0 Å². The quantitative estimate of drug-likeness (QED) is 0.597. The fraction of sp³-hybridized carbons (Fsp3) is 0.700. The van der Waals surface area contributed by atoms with Gasteiger partial charge in [0.2, 0.25) is 0 Å². The van der Waals surface area contributed by atoms with Crippen LogP contribution in [0.25, 0.3) is 0 Å². The second-order valence-electron chi connectivity index (χ2n) is 3.79. The Hall–Kier alpha value is -0.680. The molecule has 15 heavy (non-hydrogen) atoms. The van der Waals surface area contributed by atoms with Gasteiger partial charge in [0.25, 0.3) is 5.79 Å². The van der Waals surface area contributed by atoms with Crippen molar-refractivity contribution in [2.45, 2.75) is 25.7 Å². The molecule has 1 saturated heterocycles. The van der Waals surface area contributed by atoms with Gasteiger partial charge in [-0.05, 0) is 19.4 Å². The Balaban J connectivity index is 2.40. The van der Waals surface area contributed by atoms with Crippen LogP contribution in [0.2, 0.25) is 0 Å². The van der Waals surface area contributed by atoms with Crippen molar-refractivity contribution in [2.75, 3.05) is 19.1 Å². The monoisotopic (exact) mass is 234 g/mol. The van der Waals surface area contributed by atoms with Crippen LogP contribution >= 0.6 is 10.9 Å². The highest BCUT2D eigenvalue weighted by molar-refractivity contribution is 8.18. The zero-order chi connectivity index (χ0) is 11.5. The normalized spacial score (nSPS) is 31.6. The van der Waals surface area contributed by atoms with Gasteiger partial charge in [-0.1, -0.05) is 11.5 Å². The summed E-state index contributed by atoms with van der Waals surface area (Å²) in [6, 6.07) is 0. The van der Waals surface area contributed by atoms with Crippen LogP contribution in [0, 0.1) is 0 Å². The summed E-state index contributed by atoms with van der Waals surface area (Å²) in [7, 11) is -0.0603. The molecule has 88 valence electrons. The molecule has 4 nitrogen and oxygen atoms in total. The molecule has 0 spiro atoms. The molecule has 2 atom stereocenters. The zero-order valence-corrected chi connectivity index (χ0v) is 10.4. The number of thiol groups is 1. The number of ether oxygens (including phenoxy) is 3. The minimum atomic E-state index is -0.953. The zero-order valence-electron chi connectivity index (χ0n) is 9.52. The van der Waals surface area contributed by atoms with E-state index in [1.54, 1.807) is 13.8 Å². The first-order valence-electron chi connectivity index (χ1n) is 4.81. The van der Waals surface area contributed by atoms with Crippen LogP contribution in [-0.2, 0) is 14.2 Å². The summed E-state index contributed by atoms with van der Waals surface area (Å²) in [5.74, 6) is -0.953. The van der Waals surface area contributed by atoms with E-state index in [0.717, 1.165) is 0 Å². The van der Waals surface area contributed by atoms with Crippen LogP contribution < -0.4 is 0 Å². The van der Waals surface area contributed by atoms with E-state index >= 15 is 0 Å². The Kier molecular flexibility index (Phi) is 4.04. The fourth-order valence-electron chi connectivity index (χ4n) is 1.14. The van der Waals surface area contributed by atoms with E-state index < -0.39 is 11.9 Å². The molecular weight excluding hydrogens is 216 g/mol. The van der Waals surface area contributed by atoms with Gasteiger partial charge >= 0.3 is 6.16 Å². The first kappa shape index (κ1) is 12.4. The minimum Gasteiger partial charge on any atom is -0.424 e. The predicted molar refractivity (Wildman–Crippen MR) is 61.4 cm³/mol. The highest BCUT2D eigenvalue weighted by Gasteiger charge is 2.46. The molecule has 0 aromatic carbocycles. The summed E-state index contributed by atoms with van der Waals surface area (Å²) in [5, 5.41) is 2.10. The van der Waals surface area contributed by atoms with Gasteiger partial charge in [-0.25, -0.2) is 15.7 Å². The molecule has 1 rings (SSSR count). The van der Waals surface area contributed by atoms with Crippen molar-refractivity contribution in [3.63, 3.8) is 0 Å². The number of carbonyl (C=O) groups is 1. The third-order valence-electron chi connectivity index (χ3n) is 2.17. The summed E-state index contributed by atoms with van der Waals surface area (Å²) in [4.78, 5) is 10.9. The van der Waals surface area contributed by atoms with Gasteiger partial charge in [0, 0.05) is 6.92 Å². The number of hydrogen-bond acceptors (Lipinski definition) is 4. The first-order valence-corrected chi connectivity index (χ1v) is 7.11. The maximum absolute atomic E-state index is 10.9. The molecule has 1 heterocycles. The van der Waals surface area contributed by atoms with Crippen LogP contribution in [0.3, 0.4) is 0 Å². The van der Waals surface area contributed by atoms with Crippen LogP contribution in [-0.4, -0.2) is 37.2 Å². The predicted octanol–water partition coefficient (Wildman–Crippen LogP) is 2.05. The Labute approximate surface area is 92.9 Å². The Morgan fingerprint density at radius 1 is 1.60 bits per heavy atom. The van der Waals surface area contributed by atoms with E-state index in [0.29, 0.717) is 6.61 Å². The van der Waals surface area contributed by atoms with Gasteiger partial charge in [0.1, 0.15) is 0 Å². The number of carbonyl (C=O) groups excluding carboxylic acids is 1. The van der Waals surface area contributed by atoms with Crippen molar-refractivity contribution in [3.8, 4) is 0 Å². The smallest absolute Gasteiger partial charge is 0.424 e. The van der Waals surface area contributed by atoms with Crippen molar-refractivity contribution in [1.29, 1.82) is 0 Å². The lowest BCUT2D eigenvalue weighted by Crippen LogP contribution is -2.37. The maximum atomic E-state index is 10.9. The molecule has 0 saturated carbocycles. The van der Waals surface area contributed by atoms with Crippen molar-refractivity contribution in [3.05, 3.63) is 11.5 Å². The Morgan fingerprint density at radius 2 is 2.27 bits per heavy atom. The highest BCUT2D eigenvalue weighted by atomic mass is 32.2. The number of hydrogen-bond donors (Lipinski definition) is 1. The van der Waals surface area contributed by atoms with Crippen LogP contribution in [0.5, 0.6) is 0 Å². The molecule has 0 N–H and O–H groups in total. The van der Waals surface area contributed by atoms with E-state index in [1.165, 1.54) is 0 Å². The van der Waals surface area contributed by atoms with Gasteiger partial charge < -0.3 is 14.2 Å². The topological polar surface area (TPSA) is 44.8 Å². The molecule has 0 bridgehead atoms. The molecule has 0 aromatic heterocycles. The van der Waals surface area contributed by atoms with E-state index in [9.17, 15) is 4.79 Å². The lowest BCUT2D eigenvalue weighted by molar-refractivity contribution is -0.178. The van der Waals surface area contributed by atoms with Crippen molar-refractivity contribution in [1.82, 2.24) is 0 Å². The second-order valence-corrected chi connectivity index (χ2v) is 6.01. The standard InChI is InChI=1S/C10H18O4S/c1-8-10(2,14-9(11)13-8)12-6-5-7-15(3)4/h5,7-8,15H,6H2,1-4H3/b7-5+. The minimum absolute atomic E-state index is 0.0603. The van der Waals surface area contributed by atoms with Crippen molar-refractivity contribution < 1.29 is 19.0 Å². The van der Waals surface area contributed by atoms with Gasteiger partial charge in [0.15, 0.2) is 6.10 Å². The second kappa shape index (κ2) is 4.90. The van der Waals surface area contributed by atoms with Crippen molar-refractivity contribution >= 4 is 17.1 Å². The van der Waals surface area contributed by atoms with E-state index in [-0.39, 0.29) is 17.0 Å². The molecule has 1 aliphatic rings. The van der Waals surface area contributed by atoms with Gasteiger partial charge in [-0.2, -0.15) is 0 Å². The van der Waals surface area contributed by atoms with Gasteiger partial charge in [-0.15, -0.1) is 0 Å². The van der Waals surface area contributed by atoms with Crippen LogP contribution in [0.15, 0.2) is 11.5 Å². The molecule has 1 aliphatic heterocycles. The summed E-state index contributed by atoms with van der Waals surface area (Å²) in [6.07, 6.45) is 5.20. The Bertz CT molecular complexity index is 264. The lowest BCUT2D eigenvalue weighted by atomic mass is 10.2. The first-order chi connectivity index (χ1) is 6.94. The fourth-order valence-corrected chi connectivity index (χ4v) is 1.65.